The number of aromatic nitrogens is 4. The number of carbonyl (C=O) groups is 1. The highest BCUT2D eigenvalue weighted by atomic mass is 32.1. The fourth-order valence-electron chi connectivity index (χ4n) is 3.65. The topological polar surface area (TPSA) is 75.9 Å². The summed E-state index contributed by atoms with van der Waals surface area (Å²) in [4.78, 5) is 19.6. The van der Waals surface area contributed by atoms with Gasteiger partial charge in [0.15, 0.2) is 11.0 Å². The quantitative estimate of drug-likeness (QED) is 0.690. The van der Waals surface area contributed by atoms with E-state index in [2.05, 4.69) is 51.9 Å². The lowest BCUT2D eigenvalue weighted by Gasteiger charge is -2.26. The van der Waals surface area contributed by atoms with Crippen LogP contribution in [0.15, 0.2) is 18.2 Å². The molecule has 8 heteroatoms. The number of nitrogens with zero attached hydrogens (tertiary/aromatic N) is 5. The molecule has 0 aliphatic carbocycles. The lowest BCUT2D eigenvalue weighted by atomic mass is 10.0. The number of amides is 1. The Morgan fingerprint density at radius 3 is 2.93 bits per heavy atom. The minimum atomic E-state index is -0.341. The molecule has 1 unspecified atom stereocenters. The summed E-state index contributed by atoms with van der Waals surface area (Å²) >= 11 is 1.60. The minimum absolute atomic E-state index is 0.0429. The third kappa shape index (κ3) is 3.48. The predicted octanol–water partition coefficient (Wildman–Crippen LogP) is 3.24. The second-order valence-electron chi connectivity index (χ2n) is 7.79. The lowest BCUT2D eigenvalue weighted by Crippen LogP contribution is -2.44. The number of fused-ring (bicyclic) bond motifs is 2. The highest BCUT2D eigenvalue weighted by Gasteiger charge is 2.28. The van der Waals surface area contributed by atoms with Crippen LogP contribution in [0.2, 0.25) is 0 Å². The Bertz CT molecular complexity index is 1010. The van der Waals surface area contributed by atoms with Crippen molar-refractivity contribution in [2.45, 2.75) is 52.7 Å². The first kappa shape index (κ1) is 18.9. The van der Waals surface area contributed by atoms with E-state index in [0.717, 1.165) is 46.4 Å². The van der Waals surface area contributed by atoms with Gasteiger partial charge in [0, 0.05) is 20.0 Å². The normalized spacial score (nSPS) is 14.5. The van der Waals surface area contributed by atoms with Gasteiger partial charge in [-0.1, -0.05) is 37.3 Å². The van der Waals surface area contributed by atoms with E-state index in [9.17, 15) is 4.79 Å². The molecule has 1 amide bonds. The largest absolute Gasteiger partial charge is 0.349 e. The average Bonchev–Trinajstić information content (AvgIpc) is 3.36. The predicted molar refractivity (Wildman–Crippen MR) is 111 cm³/mol. The molecule has 1 atom stereocenters. The molecule has 148 valence electrons. The van der Waals surface area contributed by atoms with E-state index in [4.69, 9.17) is 0 Å². The summed E-state index contributed by atoms with van der Waals surface area (Å²) in [6.07, 6.45) is 2.07. The summed E-state index contributed by atoms with van der Waals surface area (Å²) in [5.41, 5.74) is 2.17. The van der Waals surface area contributed by atoms with Crippen LogP contribution in [-0.4, -0.2) is 43.6 Å². The number of hydrogen-bond donors (Lipinski definition) is 1. The number of hydrogen-bond acceptors (Lipinski definition) is 6. The minimum Gasteiger partial charge on any atom is -0.349 e. The van der Waals surface area contributed by atoms with Crippen LogP contribution in [0.5, 0.6) is 0 Å². The zero-order valence-corrected chi connectivity index (χ0v) is 17.6. The molecule has 7 nitrogen and oxygen atoms in total. The first-order chi connectivity index (χ1) is 13.4. The fraction of sp³-hybridized carbons (Fsp3) is 0.500. The van der Waals surface area contributed by atoms with Crippen molar-refractivity contribution in [3.8, 4) is 0 Å². The van der Waals surface area contributed by atoms with Crippen LogP contribution in [0.1, 0.15) is 37.5 Å². The number of likely N-dealkylation sites (N-methyl/N-ethyl adjacent to an activating group) is 1. The van der Waals surface area contributed by atoms with Crippen molar-refractivity contribution in [2.24, 2.45) is 5.92 Å². The van der Waals surface area contributed by atoms with Crippen molar-refractivity contribution < 1.29 is 4.79 Å². The Balaban J connectivity index is 1.51. The van der Waals surface area contributed by atoms with E-state index in [1.165, 1.54) is 5.56 Å². The third-order valence-electron chi connectivity index (χ3n) is 5.26. The number of anilines is 1. The van der Waals surface area contributed by atoms with Gasteiger partial charge < -0.3 is 14.8 Å². The second kappa shape index (κ2) is 7.50. The molecule has 0 fully saturated rings. The number of nitrogens with one attached hydrogen (secondary N) is 1. The molecule has 0 spiro atoms. The van der Waals surface area contributed by atoms with Crippen molar-refractivity contribution >= 4 is 32.6 Å². The van der Waals surface area contributed by atoms with E-state index in [1.54, 1.807) is 16.2 Å². The molecule has 3 aromatic rings. The molecule has 3 heterocycles. The van der Waals surface area contributed by atoms with Crippen LogP contribution in [-0.2, 0) is 24.3 Å². The lowest BCUT2D eigenvalue weighted by molar-refractivity contribution is -0.132. The maximum Gasteiger partial charge on any atom is 0.245 e. The standard InChI is InChI=1S/C20H26N6OS/c1-12(2)17(22-20-21-14-8-5-7-13(3)18(14)28-20)19(27)25(4)11-16-24-23-15-9-6-10-26(15)16/h5,7-8,12,17H,6,9-11H2,1-4H3,(H,21,22). The Morgan fingerprint density at radius 2 is 2.18 bits per heavy atom. The average molecular weight is 399 g/mol. The van der Waals surface area contributed by atoms with Gasteiger partial charge in [-0.15, -0.1) is 10.2 Å². The van der Waals surface area contributed by atoms with Crippen molar-refractivity contribution in [1.29, 1.82) is 0 Å². The number of thiazole rings is 1. The number of rotatable bonds is 6. The summed E-state index contributed by atoms with van der Waals surface area (Å²) in [7, 11) is 1.83. The van der Waals surface area contributed by atoms with Gasteiger partial charge in [-0.05, 0) is 30.9 Å². The molecule has 0 saturated carbocycles. The van der Waals surface area contributed by atoms with Crippen molar-refractivity contribution in [3.05, 3.63) is 35.4 Å². The maximum atomic E-state index is 13.2. The number of aryl methyl sites for hydroxylation is 2. The van der Waals surface area contributed by atoms with Gasteiger partial charge in [-0.2, -0.15) is 0 Å². The second-order valence-corrected chi connectivity index (χ2v) is 8.79. The molecule has 2 aromatic heterocycles. The van der Waals surface area contributed by atoms with E-state index in [0.29, 0.717) is 6.54 Å². The molecule has 1 aliphatic heterocycles. The zero-order valence-electron chi connectivity index (χ0n) is 16.8. The van der Waals surface area contributed by atoms with Gasteiger partial charge in [0.05, 0.1) is 16.8 Å². The highest BCUT2D eigenvalue weighted by Crippen LogP contribution is 2.29. The van der Waals surface area contributed by atoms with Gasteiger partial charge in [0.1, 0.15) is 11.9 Å². The molecule has 1 aliphatic rings. The van der Waals surface area contributed by atoms with Gasteiger partial charge in [0.2, 0.25) is 5.91 Å². The summed E-state index contributed by atoms with van der Waals surface area (Å²) in [6.45, 7) is 7.60. The third-order valence-corrected chi connectivity index (χ3v) is 6.40. The van der Waals surface area contributed by atoms with Crippen molar-refractivity contribution in [1.82, 2.24) is 24.6 Å². The zero-order chi connectivity index (χ0) is 19.8. The molecule has 0 bridgehead atoms. The van der Waals surface area contributed by atoms with Crippen molar-refractivity contribution in [3.63, 3.8) is 0 Å². The molecule has 28 heavy (non-hydrogen) atoms. The Hall–Kier alpha value is -2.48. The van der Waals surface area contributed by atoms with E-state index < -0.39 is 0 Å². The Kier molecular flexibility index (Phi) is 5.05. The van der Waals surface area contributed by atoms with Crippen LogP contribution in [0.4, 0.5) is 5.13 Å². The van der Waals surface area contributed by atoms with E-state index in [-0.39, 0.29) is 17.9 Å². The first-order valence-corrected chi connectivity index (χ1v) is 10.5. The van der Waals surface area contributed by atoms with Crippen LogP contribution in [0.3, 0.4) is 0 Å². The first-order valence-electron chi connectivity index (χ1n) is 9.72. The van der Waals surface area contributed by atoms with Crippen LogP contribution in [0, 0.1) is 12.8 Å². The van der Waals surface area contributed by atoms with Crippen LogP contribution in [0.25, 0.3) is 10.2 Å². The van der Waals surface area contributed by atoms with Gasteiger partial charge in [0.25, 0.3) is 0 Å². The molecule has 1 aromatic carbocycles. The summed E-state index contributed by atoms with van der Waals surface area (Å²) in [5, 5.41) is 12.7. The summed E-state index contributed by atoms with van der Waals surface area (Å²) < 4.78 is 3.30. The van der Waals surface area contributed by atoms with E-state index in [1.807, 2.05) is 19.2 Å². The van der Waals surface area contributed by atoms with Gasteiger partial charge in [-0.25, -0.2) is 4.98 Å². The SMILES string of the molecule is Cc1cccc2nc(NC(C(=O)N(C)Cc3nnc4n3CCC4)C(C)C)sc12. The smallest absolute Gasteiger partial charge is 0.245 e. The number of benzene rings is 1. The van der Waals surface area contributed by atoms with Gasteiger partial charge >= 0.3 is 0 Å². The van der Waals surface area contributed by atoms with Crippen LogP contribution < -0.4 is 5.32 Å². The molecule has 0 radical (unpaired) electrons. The monoisotopic (exact) mass is 398 g/mol. The molecule has 1 N–H and O–H groups in total. The summed E-state index contributed by atoms with van der Waals surface area (Å²) in [5.74, 6) is 2.06. The molecule has 4 rings (SSSR count). The Labute approximate surface area is 168 Å². The van der Waals surface area contributed by atoms with Crippen LogP contribution >= 0.6 is 11.3 Å². The maximum absolute atomic E-state index is 13.2. The molecule has 0 saturated heterocycles. The summed E-state index contributed by atoms with van der Waals surface area (Å²) in [6, 6.07) is 5.76. The fourth-order valence-corrected chi connectivity index (χ4v) is 4.62. The van der Waals surface area contributed by atoms with Gasteiger partial charge in [-0.3, -0.25) is 4.79 Å². The Morgan fingerprint density at radius 1 is 1.36 bits per heavy atom. The molecular weight excluding hydrogens is 372 g/mol. The highest BCUT2D eigenvalue weighted by molar-refractivity contribution is 7.22. The number of carbonyl (C=O) groups excluding carboxylic acids is 1. The van der Waals surface area contributed by atoms with E-state index >= 15 is 0 Å². The van der Waals surface area contributed by atoms with Crippen molar-refractivity contribution in [2.75, 3.05) is 12.4 Å². The molecular formula is C20H26N6OS.